The zero-order valence-corrected chi connectivity index (χ0v) is 19.6. The molecule has 7 nitrogen and oxygen atoms in total. The molecule has 0 unspecified atom stereocenters. The molecule has 168 valence electrons. The first-order valence-electron chi connectivity index (χ1n) is 11.0. The lowest BCUT2D eigenvalue weighted by molar-refractivity contribution is 0.0963. The van der Waals surface area contributed by atoms with E-state index >= 15 is 0 Å². The van der Waals surface area contributed by atoms with Crippen molar-refractivity contribution in [1.29, 1.82) is 0 Å². The number of nitrogens with one attached hydrogen (secondary N) is 3. The molecule has 1 aliphatic heterocycles. The number of hydrogen-bond donors (Lipinski definition) is 3. The molecule has 0 saturated carbocycles. The Hall–Kier alpha value is -2.45. The van der Waals surface area contributed by atoms with Gasteiger partial charge in [0, 0.05) is 44.7 Å². The number of carbonyl (C=O) groups excluding carboxylic acids is 1. The third-order valence-electron chi connectivity index (χ3n) is 5.66. The van der Waals surface area contributed by atoms with Gasteiger partial charge >= 0.3 is 0 Å². The minimum atomic E-state index is -0.0555. The molecule has 0 radical (unpaired) electrons. The second-order valence-electron chi connectivity index (χ2n) is 7.99. The van der Waals surface area contributed by atoms with Crippen LogP contribution in [0.5, 0.6) is 0 Å². The maximum absolute atomic E-state index is 11.8. The van der Waals surface area contributed by atoms with Gasteiger partial charge in [0.1, 0.15) is 0 Å². The average Bonchev–Trinajstić information content (AvgIpc) is 3.21. The molecule has 1 aliphatic rings. The van der Waals surface area contributed by atoms with Crippen LogP contribution in [0.2, 0.25) is 0 Å². The van der Waals surface area contributed by atoms with Gasteiger partial charge in [-0.05, 0) is 62.9 Å². The summed E-state index contributed by atoms with van der Waals surface area (Å²) in [4.78, 5) is 23.2. The molecule has 0 atom stereocenters. The van der Waals surface area contributed by atoms with Crippen LogP contribution in [0, 0.1) is 12.8 Å². The molecule has 2 heterocycles. The van der Waals surface area contributed by atoms with Crippen molar-refractivity contribution in [3.05, 3.63) is 51.5 Å². The Balaban J connectivity index is 1.35. The highest BCUT2D eigenvalue weighted by Gasteiger charge is 2.20. The van der Waals surface area contributed by atoms with Gasteiger partial charge in [-0.1, -0.05) is 12.1 Å². The summed E-state index contributed by atoms with van der Waals surface area (Å²) in [5.41, 5.74) is 3.02. The predicted octanol–water partition coefficient (Wildman–Crippen LogP) is 2.43. The zero-order chi connectivity index (χ0) is 22.1. The number of hydrogen-bond acceptors (Lipinski definition) is 5. The minimum absolute atomic E-state index is 0.0555. The van der Waals surface area contributed by atoms with Crippen molar-refractivity contribution in [2.75, 3.05) is 40.3 Å². The third-order valence-corrected chi connectivity index (χ3v) is 6.49. The Bertz CT molecular complexity index is 872. The van der Waals surface area contributed by atoms with Crippen LogP contribution in [0.3, 0.4) is 0 Å². The van der Waals surface area contributed by atoms with Crippen LogP contribution in [-0.2, 0) is 13.0 Å². The van der Waals surface area contributed by atoms with Gasteiger partial charge in [-0.3, -0.25) is 14.7 Å². The number of guanidine groups is 1. The fourth-order valence-electron chi connectivity index (χ4n) is 3.86. The van der Waals surface area contributed by atoms with E-state index in [2.05, 4.69) is 43.1 Å². The Morgan fingerprint density at radius 2 is 2.10 bits per heavy atom. The summed E-state index contributed by atoms with van der Waals surface area (Å²) >= 11 is 1.73. The Morgan fingerprint density at radius 3 is 2.77 bits per heavy atom. The number of rotatable bonds is 8. The lowest BCUT2D eigenvalue weighted by atomic mass is 9.97. The molecule has 1 aromatic heterocycles. The van der Waals surface area contributed by atoms with Crippen LogP contribution in [-0.4, -0.2) is 62.0 Å². The van der Waals surface area contributed by atoms with E-state index in [1.807, 2.05) is 24.3 Å². The molecule has 2 aromatic rings. The van der Waals surface area contributed by atoms with E-state index in [1.54, 1.807) is 25.4 Å². The zero-order valence-electron chi connectivity index (χ0n) is 18.8. The van der Waals surface area contributed by atoms with Gasteiger partial charge in [0.2, 0.25) is 0 Å². The van der Waals surface area contributed by atoms with Crippen molar-refractivity contribution in [2.24, 2.45) is 10.9 Å². The molecule has 0 aliphatic carbocycles. The molecule has 1 amide bonds. The highest BCUT2D eigenvalue weighted by molar-refractivity contribution is 7.09. The molecule has 8 heteroatoms. The lowest BCUT2D eigenvalue weighted by Gasteiger charge is -2.31. The van der Waals surface area contributed by atoms with Crippen LogP contribution in [0.1, 0.15) is 39.5 Å². The number of nitrogens with zero attached hydrogens (tertiary/aromatic N) is 3. The molecule has 3 N–H and O–H groups in total. The highest BCUT2D eigenvalue weighted by atomic mass is 32.1. The summed E-state index contributed by atoms with van der Waals surface area (Å²) in [7, 11) is 3.46. The number of thiazole rings is 1. The number of aliphatic imine (C=N–C) groups is 1. The fraction of sp³-hybridized carbons (Fsp3) is 0.522. The van der Waals surface area contributed by atoms with Crippen LogP contribution >= 0.6 is 11.3 Å². The number of likely N-dealkylation sites (tertiary alicyclic amines) is 1. The van der Waals surface area contributed by atoms with Gasteiger partial charge < -0.3 is 16.0 Å². The van der Waals surface area contributed by atoms with E-state index in [0.29, 0.717) is 11.5 Å². The summed E-state index contributed by atoms with van der Waals surface area (Å²) in [5, 5.41) is 12.8. The Kier molecular flexibility index (Phi) is 8.85. The predicted molar refractivity (Wildman–Crippen MR) is 128 cm³/mol. The number of aryl methyl sites for hydroxylation is 1. The summed E-state index contributed by atoms with van der Waals surface area (Å²) < 4.78 is 0. The van der Waals surface area contributed by atoms with Gasteiger partial charge in [-0.15, -0.1) is 11.3 Å². The molecule has 1 fully saturated rings. The molecular formula is C23H34N6OS. The quantitative estimate of drug-likeness (QED) is 0.432. The molecule has 1 aromatic carbocycles. The second kappa shape index (κ2) is 11.8. The van der Waals surface area contributed by atoms with Crippen molar-refractivity contribution < 1.29 is 4.79 Å². The van der Waals surface area contributed by atoms with Crippen molar-refractivity contribution in [3.63, 3.8) is 0 Å². The van der Waals surface area contributed by atoms with Crippen LogP contribution in [0.4, 0.5) is 0 Å². The summed E-state index contributed by atoms with van der Waals surface area (Å²) in [6, 6.07) is 7.75. The number of carbonyl (C=O) groups is 1. The van der Waals surface area contributed by atoms with Crippen molar-refractivity contribution in [2.45, 2.75) is 32.7 Å². The van der Waals surface area contributed by atoms with E-state index < -0.39 is 0 Å². The molecule has 31 heavy (non-hydrogen) atoms. The lowest BCUT2D eigenvalue weighted by Crippen LogP contribution is -2.43. The van der Waals surface area contributed by atoms with E-state index in [4.69, 9.17) is 0 Å². The van der Waals surface area contributed by atoms with Crippen LogP contribution in [0.15, 0.2) is 34.6 Å². The first kappa shape index (κ1) is 23.2. The Morgan fingerprint density at radius 1 is 1.29 bits per heavy atom. The van der Waals surface area contributed by atoms with E-state index in [9.17, 15) is 4.79 Å². The highest BCUT2D eigenvalue weighted by Crippen LogP contribution is 2.19. The number of amides is 1. The number of benzene rings is 1. The number of piperidine rings is 1. The molecule has 1 saturated heterocycles. The minimum Gasteiger partial charge on any atom is -0.356 e. The first-order valence-corrected chi connectivity index (χ1v) is 11.8. The third kappa shape index (κ3) is 7.33. The maximum atomic E-state index is 11.8. The van der Waals surface area contributed by atoms with Gasteiger partial charge in [0.05, 0.1) is 10.7 Å². The van der Waals surface area contributed by atoms with E-state index in [0.717, 1.165) is 55.7 Å². The fourth-order valence-corrected chi connectivity index (χ4v) is 4.46. The second-order valence-corrected chi connectivity index (χ2v) is 9.05. The van der Waals surface area contributed by atoms with Gasteiger partial charge in [0.25, 0.3) is 5.91 Å². The largest absolute Gasteiger partial charge is 0.356 e. The first-order chi connectivity index (χ1) is 15.1. The SMILES string of the molecule is CN=C(NCCc1cccc(C(=O)NC)c1)NCC1CCN(Cc2csc(C)n2)CC1. The van der Waals surface area contributed by atoms with Crippen LogP contribution < -0.4 is 16.0 Å². The Labute approximate surface area is 189 Å². The van der Waals surface area contributed by atoms with Crippen molar-refractivity contribution in [1.82, 2.24) is 25.8 Å². The topological polar surface area (TPSA) is 81.6 Å². The van der Waals surface area contributed by atoms with Crippen LogP contribution in [0.25, 0.3) is 0 Å². The molecule has 0 bridgehead atoms. The van der Waals surface area contributed by atoms with Crippen molar-refractivity contribution >= 4 is 23.2 Å². The van der Waals surface area contributed by atoms with Gasteiger partial charge in [-0.25, -0.2) is 4.98 Å². The van der Waals surface area contributed by atoms with E-state index in [-0.39, 0.29) is 5.91 Å². The normalized spacial score (nSPS) is 15.6. The molecule has 0 spiro atoms. The van der Waals surface area contributed by atoms with Gasteiger partial charge in [-0.2, -0.15) is 0 Å². The standard InChI is InChI=1S/C23H34N6OS/c1-17-28-21(16-31-17)15-29-11-8-19(9-12-29)14-27-23(25-3)26-10-7-18-5-4-6-20(13-18)22(30)24-2/h4-6,13,16,19H,7-12,14-15H2,1-3H3,(H,24,30)(H2,25,26,27). The summed E-state index contributed by atoms with van der Waals surface area (Å²) in [6.07, 6.45) is 3.22. The molecular weight excluding hydrogens is 408 g/mol. The van der Waals surface area contributed by atoms with Gasteiger partial charge in [0.15, 0.2) is 5.96 Å². The van der Waals surface area contributed by atoms with Crippen molar-refractivity contribution in [3.8, 4) is 0 Å². The monoisotopic (exact) mass is 442 g/mol. The smallest absolute Gasteiger partial charge is 0.251 e. The van der Waals surface area contributed by atoms with E-state index in [1.165, 1.54) is 18.5 Å². The molecule has 3 rings (SSSR count). The number of aromatic nitrogens is 1. The maximum Gasteiger partial charge on any atom is 0.251 e. The summed E-state index contributed by atoms with van der Waals surface area (Å²) in [6.45, 7) is 6.98. The summed E-state index contributed by atoms with van der Waals surface area (Å²) in [5.74, 6) is 1.44. The average molecular weight is 443 g/mol.